The lowest BCUT2D eigenvalue weighted by atomic mass is 10.2. The summed E-state index contributed by atoms with van der Waals surface area (Å²) in [6.07, 6.45) is 3.43. The number of hydrogen-bond donors (Lipinski definition) is 1. The maximum atomic E-state index is 12.4. The van der Waals surface area contributed by atoms with Gasteiger partial charge in [0.2, 0.25) is 15.9 Å². The van der Waals surface area contributed by atoms with Crippen LogP contribution in [0, 0.1) is 0 Å². The minimum atomic E-state index is -3.45. The van der Waals surface area contributed by atoms with Gasteiger partial charge in [-0.25, -0.2) is 8.42 Å². The summed E-state index contributed by atoms with van der Waals surface area (Å²) in [7, 11) is 0.389. The SMILES string of the molecule is CN(C)CCCN(CC(=O)Nc1cccc2cccnc12)S(C)(=O)=O. The third kappa shape index (κ3) is 5.77. The average molecular weight is 364 g/mol. The number of anilines is 1. The van der Waals surface area contributed by atoms with Gasteiger partial charge >= 0.3 is 0 Å². The fraction of sp³-hybridized carbons (Fsp3) is 0.412. The first-order valence-electron chi connectivity index (χ1n) is 8.01. The predicted octanol–water partition coefficient (Wildman–Crippen LogP) is 1.39. The van der Waals surface area contributed by atoms with E-state index in [0.29, 0.717) is 24.2 Å². The summed E-state index contributed by atoms with van der Waals surface area (Å²) < 4.78 is 25.1. The number of para-hydroxylation sites is 1. The monoisotopic (exact) mass is 364 g/mol. The summed E-state index contributed by atoms with van der Waals surface area (Å²) >= 11 is 0. The van der Waals surface area contributed by atoms with E-state index in [1.165, 1.54) is 4.31 Å². The summed E-state index contributed by atoms with van der Waals surface area (Å²) in [6, 6.07) is 9.21. The fourth-order valence-electron chi connectivity index (χ4n) is 2.48. The smallest absolute Gasteiger partial charge is 0.239 e. The van der Waals surface area contributed by atoms with Gasteiger partial charge in [0.25, 0.3) is 0 Å². The molecule has 1 amide bonds. The van der Waals surface area contributed by atoms with Crippen LogP contribution in [-0.4, -0.2) is 68.5 Å². The molecule has 0 unspecified atom stereocenters. The molecule has 1 aromatic heterocycles. The number of fused-ring (bicyclic) bond motifs is 1. The van der Waals surface area contributed by atoms with Crippen molar-refractivity contribution in [1.29, 1.82) is 0 Å². The third-order valence-electron chi connectivity index (χ3n) is 3.71. The molecule has 0 aliphatic carbocycles. The van der Waals surface area contributed by atoms with Crippen molar-refractivity contribution in [1.82, 2.24) is 14.2 Å². The summed E-state index contributed by atoms with van der Waals surface area (Å²) in [5, 5.41) is 3.68. The number of carbonyl (C=O) groups is 1. The molecular formula is C17H24N4O3S. The molecular weight excluding hydrogens is 340 g/mol. The van der Waals surface area contributed by atoms with Crippen molar-refractivity contribution in [3.8, 4) is 0 Å². The molecule has 0 radical (unpaired) electrons. The minimum Gasteiger partial charge on any atom is -0.323 e. The van der Waals surface area contributed by atoms with Gasteiger partial charge in [-0.15, -0.1) is 0 Å². The summed E-state index contributed by atoms with van der Waals surface area (Å²) in [6.45, 7) is 0.842. The molecule has 0 aliphatic rings. The number of nitrogens with zero attached hydrogens (tertiary/aromatic N) is 3. The van der Waals surface area contributed by atoms with Gasteiger partial charge in [-0.05, 0) is 39.2 Å². The van der Waals surface area contributed by atoms with Crippen LogP contribution in [0.5, 0.6) is 0 Å². The zero-order chi connectivity index (χ0) is 18.4. The second-order valence-electron chi connectivity index (χ2n) is 6.18. The summed E-state index contributed by atoms with van der Waals surface area (Å²) in [4.78, 5) is 18.6. The van der Waals surface area contributed by atoms with Crippen LogP contribution >= 0.6 is 0 Å². The van der Waals surface area contributed by atoms with Gasteiger partial charge in [0.1, 0.15) is 0 Å². The average Bonchev–Trinajstić information content (AvgIpc) is 2.53. The maximum Gasteiger partial charge on any atom is 0.239 e. The first kappa shape index (κ1) is 19.3. The number of hydrogen-bond acceptors (Lipinski definition) is 5. The Morgan fingerprint density at radius 3 is 2.56 bits per heavy atom. The van der Waals surface area contributed by atoms with Gasteiger partial charge in [0, 0.05) is 18.1 Å². The second-order valence-corrected chi connectivity index (χ2v) is 8.16. The molecule has 0 bridgehead atoms. The summed E-state index contributed by atoms with van der Waals surface area (Å²) in [5.74, 6) is -0.381. The standard InChI is InChI=1S/C17H24N4O3S/c1-20(2)11-6-12-21(25(3,23)24)13-16(22)19-15-9-4-7-14-8-5-10-18-17(14)15/h4-5,7-10H,6,11-13H2,1-3H3,(H,19,22). The van der Waals surface area contributed by atoms with Crippen molar-refractivity contribution in [2.24, 2.45) is 0 Å². The van der Waals surface area contributed by atoms with Crippen LogP contribution in [0.15, 0.2) is 36.5 Å². The van der Waals surface area contributed by atoms with Crippen molar-refractivity contribution in [3.05, 3.63) is 36.5 Å². The van der Waals surface area contributed by atoms with E-state index in [1.807, 2.05) is 43.3 Å². The Bertz CT molecular complexity index is 831. The third-order valence-corrected chi connectivity index (χ3v) is 4.96. The Labute approximate surface area is 148 Å². The first-order chi connectivity index (χ1) is 11.8. The van der Waals surface area contributed by atoms with E-state index in [2.05, 4.69) is 10.3 Å². The quantitative estimate of drug-likeness (QED) is 0.765. The van der Waals surface area contributed by atoms with Crippen molar-refractivity contribution in [2.45, 2.75) is 6.42 Å². The molecule has 0 spiro atoms. The van der Waals surface area contributed by atoms with E-state index in [-0.39, 0.29) is 12.5 Å². The van der Waals surface area contributed by atoms with Crippen LogP contribution in [0.2, 0.25) is 0 Å². The number of carbonyl (C=O) groups excluding carboxylic acids is 1. The molecule has 0 saturated heterocycles. The summed E-state index contributed by atoms with van der Waals surface area (Å²) in [5.41, 5.74) is 1.25. The highest BCUT2D eigenvalue weighted by molar-refractivity contribution is 7.88. The Balaban J connectivity index is 2.07. The molecule has 25 heavy (non-hydrogen) atoms. The molecule has 0 atom stereocenters. The van der Waals surface area contributed by atoms with E-state index in [4.69, 9.17) is 0 Å². The highest BCUT2D eigenvalue weighted by atomic mass is 32.2. The topological polar surface area (TPSA) is 82.6 Å². The number of amides is 1. The number of benzene rings is 1. The second kappa shape index (κ2) is 8.37. The fourth-order valence-corrected chi connectivity index (χ4v) is 3.29. The number of rotatable bonds is 8. The maximum absolute atomic E-state index is 12.4. The number of aromatic nitrogens is 1. The van der Waals surface area contributed by atoms with Gasteiger partial charge in [-0.3, -0.25) is 9.78 Å². The minimum absolute atomic E-state index is 0.213. The molecule has 7 nitrogen and oxygen atoms in total. The van der Waals surface area contributed by atoms with Gasteiger partial charge in [-0.2, -0.15) is 4.31 Å². The number of sulfonamides is 1. The van der Waals surface area contributed by atoms with E-state index >= 15 is 0 Å². The Kier molecular flexibility index (Phi) is 6.46. The molecule has 0 fully saturated rings. The van der Waals surface area contributed by atoms with E-state index in [1.54, 1.807) is 12.3 Å². The van der Waals surface area contributed by atoms with Gasteiger partial charge in [0.15, 0.2) is 0 Å². The lowest BCUT2D eigenvalue weighted by Crippen LogP contribution is -2.38. The molecule has 136 valence electrons. The van der Waals surface area contributed by atoms with Crippen molar-refractivity contribution < 1.29 is 13.2 Å². The number of nitrogens with one attached hydrogen (secondary N) is 1. The molecule has 1 heterocycles. The van der Waals surface area contributed by atoms with Crippen LogP contribution in [0.1, 0.15) is 6.42 Å². The van der Waals surface area contributed by atoms with Gasteiger partial charge in [0.05, 0.1) is 24.0 Å². The van der Waals surface area contributed by atoms with Crippen LogP contribution < -0.4 is 5.32 Å². The zero-order valence-electron chi connectivity index (χ0n) is 14.8. The highest BCUT2D eigenvalue weighted by Gasteiger charge is 2.20. The lowest BCUT2D eigenvalue weighted by molar-refractivity contribution is -0.116. The molecule has 1 N–H and O–H groups in total. The Morgan fingerprint density at radius 1 is 1.16 bits per heavy atom. The van der Waals surface area contributed by atoms with Crippen molar-refractivity contribution in [2.75, 3.05) is 45.3 Å². The molecule has 2 aromatic rings. The van der Waals surface area contributed by atoms with Crippen LogP contribution in [0.3, 0.4) is 0 Å². The van der Waals surface area contributed by atoms with E-state index in [9.17, 15) is 13.2 Å². The van der Waals surface area contributed by atoms with Crippen LogP contribution in [0.4, 0.5) is 5.69 Å². The molecule has 0 saturated carbocycles. The largest absolute Gasteiger partial charge is 0.323 e. The number of pyridine rings is 1. The van der Waals surface area contributed by atoms with Crippen molar-refractivity contribution >= 4 is 32.5 Å². The van der Waals surface area contributed by atoms with Gasteiger partial charge in [-0.1, -0.05) is 18.2 Å². The molecule has 1 aromatic carbocycles. The van der Waals surface area contributed by atoms with Crippen molar-refractivity contribution in [3.63, 3.8) is 0 Å². The van der Waals surface area contributed by atoms with E-state index in [0.717, 1.165) is 18.2 Å². The van der Waals surface area contributed by atoms with Crippen LogP contribution in [-0.2, 0) is 14.8 Å². The normalized spacial score (nSPS) is 12.0. The van der Waals surface area contributed by atoms with Crippen LogP contribution in [0.25, 0.3) is 10.9 Å². The highest BCUT2D eigenvalue weighted by Crippen LogP contribution is 2.20. The zero-order valence-corrected chi connectivity index (χ0v) is 15.6. The predicted molar refractivity (Wildman–Crippen MR) is 100.0 cm³/mol. The van der Waals surface area contributed by atoms with Gasteiger partial charge < -0.3 is 10.2 Å². The first-order valence-corrected chi connectivity index (χ1v) is 9.85. The molecule has 0 aliphatic heterocycles. The molecule has 2 rings (SSSR count). The Morgan fingerprint density at radius 2 is 1.88 bits per heavy atom. The molecule has 8 heteroatoms. The lowest BCUT2D eigenvalue weighted by Gasteiger charge is -2.20. The van der Waals surface area contributed by atoms with E-state index < -0.39 is 10.0 Å². The Hall–Kier alpha value is -2.03.